The number of nitrogens with one attached hydrogen (secondary N) is 1. The van der Waals surface area contributed by atoms with Crippen molar-refractivity contribution in [3.05, 3.63) is 68.2 Å². The minimum atomic E-state index is -0.361. The lowest BCUT2D eigenvalue weighted by atomic mass is 10.1. The monoisotopic (exact) mass is 290 g/mol. The summed E-state index contributed by atoms with van der Waals surface area (Å²) in [5.41, 5.74) is 3.50. The van der Waals surface area contributed by atoms with Crippen LogP contribution in [-0.2, 0) is 6.54 Å². The molecule has 5 heteroatoms. The maximum Gasteiger partial charge on any atom is 0.272 e. The second-order valence-corrected chi connectivity index (χ2v) is 5.06. The molecule has 4 nitrogen and oxygen atoms in total. The van der Waals surface area contributed by atoms with Crippen molar-refractivity contribution in [2.24, 2.45) is 0 Å². The van der Waals surface area contributed by atoms with Gasteiger partial charge in [0.05, 0.1) is 4.92 Å². The zero-order valence-corrected chi connectivity index (χ0v) is 12.1. The van der Waals surface area contributed by atoms with Gasteiger partial charge in [0, 0.05) is 28.9 Å². The van der Waals surface area contributed by atoms with Crippen LogP contribution in [0.4, 0.5) is 11.4 Å². The molecule has 0 radical (unpaired) electrons. The molecule has 2 aromatic rings. The van der Waals surface area contributed by atoms with E-state index in [1.807, 2.05) is 31.2 Å². The molecule has 20 heavy (non-hydrogen) atoms. The summed E-state index contributed by atoms with van der Waals surface area (Å²) in [7, 11) is 0. The van der Waals surface area contributed by atoms with Crippen molar-refractivity contribution in [2.45, 2.75) is 20.4 Å². The maximum absolute atomic E-state index is 10.9. The predicted octanol–water partition coefficient (Wildman–Crippen LogP) is 4.48. The van der Waals surface area contributed by atoms with Crippen molar-refractivity contribution in [3.63, 3.8) is 0 Å². The van der Waals surface area contributed by atoms with E-state index in [9.17, 15) is 10.1 Å². The van der Waals surface area contributed by atoms with Gasteiger partial charge >= 0.3 is 0 Å². The summed E-state index contributed by atoms with van der Waals surface area (Å²) in [6.07, 6.45) is 0. The van der Waals surface area contributed by atoms with E-state index in [4.69, 9.17) is 11.6 Å². The van der Waals surface area contributed by atoms with Gasteiger partial charge in [-0.05, 0) is 37.1 Å². The Balaban J connectivity index is 2.21. The molecule has 0 unspecified atom stereocenters. The summed E-state index contributed by atoms with van der Waals surface area (Å²) in [5.74, 6) is 0. The van der Waals surface area contributed by atoms with Gasteiger partial charge in [0.2, 0.25) is 0 Å². The number of nitro groups is 1. The molecule has 2 aromatic carbocycles. The largest absolute Gasteiger partial charge is 0.381 e. The van der Waals surface area contributed by atoms with E-state index in [-0.39, 0.29) is 10.6 Å². The van der Waals surface area contributed by atoms with Crippen molar-refractivity contribution >= 4 is 23.0 Å². The SMILES string of the molecule is Cc1cc([N+](=O)[O-])c(C)cc1NCc1ccccc1Cl. The van der Waals surface area contributed by atoms with Crippen molar-refractivity contribution in [1.29, 1.82) is 0 Å². The van der Waals surface area contributed by atoms with Crippen molar-refractivity contribution in [2.75, 3.05) is 5.32 Å². The summed E-state index contributed by atoms with van der Waals surface area (Å²) in [5, 5.41) is 14.9. The minimum absolute atomic E-state index is 0.144. The molecule has 0 saturated carbocycles. The minimum Gasteiger partial charge on any atom is -0.381 e. The zero-order valence-electron chi connectivity index (χ0n) is 11.3. The highest BCUT2D eigenvalue weighted by Crippen LogP contribution is 2.26. The Labute approximate surface area is 122 Å². The summed E-state index contributed by atoms with van der Waals surface area (Å²) in [4.78, 5) is 10.5. The van der Waals surface area contributed by atoms with Crippen LogP contribution in [0.25, 0.3) is 0 Å². The summed E-state index contributed by atoms with van der Waals surface area (Å²) < 4.78 is 0. The van der Waals surface area contributed by atoms with E-state index in [1.54, 1.807) is 19.1 Å². The third-order valence-electron chi connectivity index (χ3n) is 3.17. The van der Waals surface area contributed by atoms with E-state index >= 15 is 0 Å². The zero-order chi connectivity index (χ0) is 14.7. The number of hydrogen-bond acceptors (Lipinski definition) is 3. The van der Waals surface area contributed by atoms with Crippen molar-refractivity contribution in [1.82, 2.24) is 0 Å². The fraction of sp³-hybridized carbons (Fsp3) is 0.200. The first-order valence-corrected chi connectivity index (χ1v) is 6.59. The van der Waals surface area contributed by atoms with Gasteiger partial charge in [-0.1, -0.05) is 29.8 Å². The Morgan fingerprint density at radius 3 is 2.55 bits per heavy atom. The van der Waals surface area contributed by atoms with Crippen molar-refractivity contribution in [3.8, 4) is 0 Å². The van der Waals surface area contributed by atoms with Crippen LogP contribution in [0.5, 0.6) is 0 Å². The second-order valence-electron chi connectivity index (χ2n) is 4.66. The standard InChI is InChI=1S/C15H15ClN2O2/c1-10-8-15(18(19)20)11(2)7-14(10)17-9-12-5-3-4-6-13(12)16/h3-8,17H,9H2,1-2H3. The summed E-state index contributed by atoms with van der Waals surface area (Å²) in [6, 6.07) is 11.0. The topological polar surface area (TPSA) is 55.2 Å². The molecule has 0 aliphatic heterocycles. The predicted molar refractivity (Wildman–Crippen MR) is 81.3 cm³/mol. The van der Waals surface area contributed by atoms with Crippen molar-refractivity contribution < 1.29 is 4.92 Å². The Morgan fingerprint density at radius 2 is 1.90 bits per heavy atom. The first kappa shape index (κ1) is 14.3. The fourth-order valence-electron chi connectivity index (χ4n) is 2.02. The third-order valence-corrected chi connectivity index (χ3v) is 3.54. The number of benzene rings is 2. The van der Waals surface area contributed by atoms with E-state index < -0.39 is 0 Å². The van der Waals surface area contributed by atoms with Crippen LogP contribution in [0.1, 0.15) is 16.7 Å². The molecule has 0 amide bonds. The lowest BCUT2D eigenvalue weighted by Crippen LogP contribution is -2.03. The van der Waals surface area contributed by atoms with E-state index in [0.717, 1.165) is 16.8 Å². The number of nitrogens with zero attached hydrogens (tertiary/aromatic N) is 1. The van der Waals surface area contributed by atoms with Gasteiger partial charge in [-0.2, -0.15) is 0 Å². The van der Waals surface area contributed by atoms with Gasteiger partial charge in [-0.25, -0.2) is 0 Å². The third kappa shape index (κ3) is 3.08. The Bertz CT molecular complexity index is 656. The highest BCUT2D eigenvalue weighted by Gasteiger charge is 2.13. The van der Waals surface area contributed by atoms with E-state index in [0.29, 0.717) is 17.1 Å². The summed E-state index contributed by atoms with van der Waals surface area (Å²) >= 11 is 6.10. The molecular formula is C15H15ClN2O2. The quantitative estimate of drug-likeness (QED) is 0.667. The number of aryl methyl sites for hydroxylation is 2. The maximum atomic E-state index is 10.9. The Hall–Kier alpha value is -2.07. The summed E-state index contributed by atoms with van der Waals surface area (Å²) in [6.45, 7) is 4.16. The van der Waals surface area contributed by atoms with Gasteiger partial charge in [0.25, 0.3) is 5.69 Å². The van der Waals surface area contributed by atoms with E-state index in [1.165, 1.54) is 0 Å². The van der Waals surface area contributed by atoms with Crippen LogP contribution in [-0.4, -0.2) is 4.92 Å². The Morgan fingerprint density at radius 1 is 1.20 bits per heavy atom. The molecule has 104 valence electrons. The molecule has 0 spiro atoms. The molecule has 1 N–H and O–H groups in total. The fourth-order valence-corrected chi connectivity index (χ4v) is 2.22. The lowest BCUT2D eigenvalue weighted by molar-refractivity contribution is -0.385. The molecule has 0 aliphatic rings. The molecule has 0 saturated heterocycles. The van der Waals surface area contributed by atoms with Gasteiger partial charge in [0.15, 0.2) is 0 Å². The van der Waals surface area contributed by atoms with Gasteiger partial charge in [-0.15, -0.1) is 0 Å². The molecule has 0 fully saturated rings. The molecule has 0 heterocycles. The molecule has 0 aliphatic carbocycles. The van der Waals surface area contributed by atoms with Gasteiger partial charge in [-0.3, -0.25) is 10.1 Å². The number of anilines is 1. The van der Waals surface area contributed by atoms with E-state index in [2.05, 4.69) is 5.32 Å². The first-order chi connectivity index (χ1) is 9.49. The van der Waals surface area contributed by atoms with Gasteiger partial charge in [0.1, 0.15) is 0 Å². The van der Waals surface area contributed by atoms with Crippen LogP contribution in [0.3, 0.4) is 0 Å². The molecule has 0 atom stereocenters. The molecule has 0 aromatic heterocycles. The molecular weight excluding hydrogens is 276 g/mol. The lowest BCUT2D eigenvalue weighted by Gasteiger charge is -2.11. The smallest absolute Gasteiger partial charge is 0.272 e. The van der Waals surface area contributed by atoms with Crippen LogP contribution >= 0.6 is 11.6 Å². The number of hydrogen-bond donors (Lipinski definition) is 1. The number of halogens is 1. The average molecular weight is 291 g/mol. The Kier molecular flexibility index (Phi) is 4.25. The van der Waals surface area contributed by atoms with Gasteiger partial charge < -0.3 is 5.32 Å². The highest BCUT2D eigenvalue weighted by molar-refractivity contribution is 6.31. The molecule has 0 bridgehead atoms. The average Bonchev–Trinajstić information content (AvgIpc) is 2.40. The second kappa shape index (κ2) is 5.92. The normalized spacial score (nSPS) is 10.3. The van der Waals surface area contributed by atoms with Crippen LogP contribution in [0.15, 0.2) is 36.4 Å². The van der Waals surface area contributed by atoms with Crippen LogP contribution in [0.2, 0.25) is 5.02 Å². The molecule has 2 rings (SSSR count). The van der Waals surface area contributed by atoms with Crippen LogP contribution < -0.4 is 5.32 Å². The number of nitro benzene ring substituents is 1. The number of rotatable bonds is 4. The highest BCUT2D eigenvalue weighted by atomic mass is 35.5. The first-order valence-electron chi connectivity index (χ1n) is 6.22. The van der Waals surface area contributed by atoms with Crippen LogP contribution in [0, 0.1) is 24.0 Å².